The maximum Gasteiger partial charge on any atom is 0.251 e. The Labute approximate surface area is 69.6 Å². The summed E-state index contributed by atoms with van der Waals surface area (Å²) in [6.45, 7) is 1.80. The standard InChI is InChI=1S/C7H9N3O2/c1-5-6(4-8)7(10-9-5)12-3-2-11/h11H,2-3H2,1H3,(H,9,10). The Bertz CT molecular complexity index is 300. The van der Waals surface area contributed by atoms with Gasteiger partial charge in [-0.15, -0.1) is 5.10 Å². The van der Waals surface area contributed by atoms with Crippen LogP contribution in [-0.4, -0.2) is 28.5 Å². The lowest BCUT2D eigenvalue weighted by Gasteiger charge is -1.98. The molecule has 0 aliphatic rings. The Morgan fingerprint density at radius 2 is 2.50 bits per heavy atom. The molecule has 0 aromatic carbocycles. The molecular formula is C7H9N3O2. The van der Waals surface area contributed by atoms with Gasteiger partial charge in [0.25, 0.3) is 5.88 Å². The summed E-state index contributed by atoms with van der Waals surface area (Å²) < 4.78 is 4.98. The van der Waals surface area contributed by atoms with Gasteiger partial charge in [-0.3, -0.25) is 5.10 Å². The molecule has 0 saturated heterocycles. The summed E-state index contributed by atoms with van der Waals surface area (Å²) in [5.74, 6) is 0.254. The van der Waals surface area contributed by atoms with E-state index in [4.69, 9.17) is 15.1 Å². The van der Waals surface area contributed by atoms with Crippen LogP contribution in [0.15, 0.2) is 0 Å². The number of aromatic amines is 1. The monoisotopic (exact) mass is 167 g/mol. The molecule has 64 valence electrons. The fraction of sp³-hybridized carbons (Fsp3) is 0.429. The molecule has 1 aromatic rings. The van der Waals surface area contributed by atoms with Gasteiger partial charge in [0.05, 0.1) is 12.3 Å². The van der Waals surface area contributed by atoms with Gasteiger partial charge < -0.3 is 9.84 Å². The Hall–Kier alpha value is -1.54. The van der Waals surface area contributed by atoms with E-state index in [0.717, 1.165) is 0 Å². The highest BCUT2D eigenvalue weighted by Gasteiger charge is 2.09. The number of aryl methyl sites for hydroxylation is 1. The van der Waals surface area contributed by atoms with Crippen LogP contribution in [0.1, 0.15) is 11.3 Å². The van der Waals surface area contributed by atoms with Gasteiger partial charge in [-0.2, -0.15) is 5.26 Å². The second-order valence-electron chi connectivity index (χ2n) is 2.21. The lowest BCUT2D eigenvalue weighted by Crippen LogP contribution is -2.02. The van der Waals surface area contributed by atoms with Gasteiger partial charge in [-0.25, -0.2) is 0 Å². The molecule has 1 aromatic heterocycles. The molecule has 12 heavy (non-hydrogen) atoms. The predicted octanol–water partition coefficient (Wildman–Crippen LogP) is -0.0391. The van der Waals surface area contributed by atoms with Crippen LogP contribution in [0.5, 0.6) is 5.88 Å². The van der Waals surface area contributed by atoms with E-state index in [1.807, 2.05) is 6.07 Å². The number of ether oxygens (including phenoxy) is 1. The minimum atomic E-state index is -0.0865. The molecule has 0 unspecified atom stereocenters. The maximum atomic E-state index is 8.63. The van der Waals surface area contributed by atoms with Crippen LogP contribution in [0.3, 0.4) is 0 Å². The topological polar surface area (TPSA) is 81.9 Å². The molecule has 0 atom stereocenters. The van der Waals surface area contributed by atoms with Gasteiger partial charge >= 0.3 is 0 Å². The largest absolute Gasteiger partial charge is 0.473 e. The first-order chi connectivity index (χ1) is 5.79. The SMILES string of the molecule is Cc1[nH]nc(OCCO)c1C#N. The third-order valence-corrected chi connectivity index (χ3v) is 1.36. The number of rotatable bonds is 3. The molecule has 0 saturated carbocycles. The molecule has 0 aliphatic carbocycles. The fourth-order valence-corrected chi connectivity index (χ4v) is 0.785. The molecule has 0 radical (unpaired) electrons. The van der Waals surface area contributed by atoms with E-state index in [1.54, 1.807) is 6.92 Å². The first-order valence-corrected chi connectivity index (χ1v) is 3.48. The number of aromatic nitrogens is 2. The highest BCUT2D eigenvalue weighted by molar-refractivity contribution is 5.40. The smallest absolute Gasteiger partial charge is 0.251 e. The van der Waals surface area contributed by atoms with Crippen LogP contribution in [0.25, 0.3) is 0 Å². The number of hydrogen-bond donors (Lipinski definition) is 2. The molecule has 0 spiro atoms. The van der Waals surface area contributed by atoms with Crippen molar-refractivity contribution in [2.24, 2.45) is 0 Å². The Kier molecular flexibility index (Phi) is 2.66. The van der Waals surface area contributed by atoms with Crippen molar-refractivity contribution in [1.29, 1.82) is 5.26 Å². The zero-order chi connectivity index (χ0) is 8.97. The van der Waals surface area contributed by atoms with E-state index in [-0.39, 0.29) is 19.1 Å². The summed E-state index contributed by atoms with van der Waals surface area (Å²) in [7, 11) is 0. The van der Waals surface area contributed by atoms with Crippen molar-refractivity contribution >= 4 is 0 Å². The summed E-state index contributed by atoms with van der Waals surface area (Å²) in [6, 6.07) is 1.95. The van der Waals surface area contributed by atoms with Crippen molar-refractivity contribution in [3.05, 3.63) is 11.3 Å². The minimum Gasteiger partial charge on any atom is -0.473 e. The van der Waals surface area contributed by atoms with Gasteiger partial charge in [0.15, 0.2) is 0 Å². The highest BCUT2D eigenvalue weighted by Crippen LogP contribution is 2.16. The molecule has 0 fully saturated rings. The van der Waals surface area contributed by atoms with Crippen LogP contribution in [0, 0.1) is 18.3 Å². The van der Waals surface area contributed by atoms with E-state index < -0.39 is 0 Å². The molecule has 5 nitrogen and oxygen atoms in total. The molecule has 0 aliphatic heterocycles. The number of aliphatic hydroxyl groups is 1. The zero-order valence-electron chi connectivity index (χ0n) is 6.66. The van der Waals surface area contributed by atoms with E-state index in [1.165, 1.54) is 0 Å². The summed E-state index contributed by atoms with van der Waals surface area (Å²) in [5.41, 5.74) is 1.06. The molecule has 1 heterocycles. The number of aliphatic hydroxyl groups excluding tert-OH is 1. The first-order valence-electron chi connectivity index (χ1n) is 3.48. The Morgan fingerprint density at radius 1 is 1.75 bits per heavy atom. The van der Waals surface area contributed by atoms with E-state index in [9.17, 15) is 0 Å². The summed E-state index contributed by atoms with van der Waals surface area (Å²) in [5, 5.41) is 23.4. The van der Waals surface area contributed by atoms with Gasteiger partial charge in [-0.05, 0) is 6.92 Å². The number of nitrogens with one attached hydrogen (secondary N) is 1. The van der Waals surface area contributed by atoms with E-state index in [2.05, 4.69) is 10.2 Å². The molecule has 1 rings (SSSR count). The van der Waals surface area contributed by atoms with Crippen molar-refractivity contribution in [3.63, 3.8) is 0 Å². The van der Waals surface area contributed by atoms with Crippen LogP contribution in [0.4, 0.5) is 0 Å². The predicted molar refractivity (Wildman–Crippen MR) is 40.6 cm³/mol. The fourth-order valence-electron chi connectivity index (χ4n) is 0.785. The summed E-state index contributed by atoms with van der Waals surface area (Å²) >= 11 is 0. The third-order valence-electron chi connectivity index (χ3n) is 1.36. The summed E-state index contributed by atoms with van der Waals surface area (Å²) in [4.78, 5) is 0. The average molecular weight is 167 g/mol. The molecular weight excluding hydrogens is 158 g/mol. The van der Waals surface area contributed by atoms with Crippen molar-refractivity contribution in [3.8, 4) is 11.9 Å². The van der Waals surface area contributed by atoms with Gasteiger partial charge in [-0.1, -0.05) is 0 Å². The summed E-state index contributed by atoms with van der Waals surface area (Å²) in [6.07, 6.45) is 0. The maximum absolute atomic E-state index is 8.63. The van der Waals surface area contributed by atoms with Crippen LogP contribution >= 0.6 is 0 Å². The average Bonchev–Trinajstić information content (AvgIpc) is 2.43. The Morgan fingerprint density at radius 3 is 3.08 bits per heavy atom. The first kappa shape index (κ1) is 8.56. The van der Waals surface area contributed by atoms with Crippen LogP contribution in [-0.2, 0) is 0 Å². The second-order valence-corrected chi connectivity index (χ2v) is 2.21. The van der Waals surface area contributed by atoms with E-state index in [0.29, 0.717) is 11.3 Å². The highest BCUT2D eigenvalue weighted by atomic mass is 16.5. The van der Waals surface area contributed by atoms with Crippen molar-refractivity contribution in [2.45, 2.75) is 6.92 Å². The molecule has 5 heteroatoms. The quantitative estimate of drug-likeness (QED) is 0.661. The van der Waals surface area contributed by atoms with Crippen molar-refractivity contribution in [2.75, 3.05) is 13.2 Å². The lowest BCUT2D eigenvalue weighted by atomic mass is 10.3. The van der Waals surface area contributed by atoms with Crippen LogP contribution < -0.4 is 4.74 Å². The third kappa shape index (κ3) is 1.54. The van der Waals surface area contributed by atoms with Gasteiger partial charge in [0.2, 0.25) is 0 Å². The number of hydrogen-bond acceptors (Lipinski definition) is 4. The zero-order valence-corrected chi connectivity index (χ0v) is 6.66. The van der Waals surface area contributed by atoms with Gasteiger partial charge in [0, 0.05) is 0 Å². The second kappa shape index (κ2) is 3.74. The van der Waals surface area contributed by atoms with E-state index >= 15 is 0 Å². The molecule has 2 N–H and O–H groups in total. The molecule has 0 bridgehead atoms. The number of H-pyrrole nitrogens is 1. The van der Waals surface area contributed by atoms with Gasteiger partial charge in [0.1, 0.15) is 18.2 Å². The van der Waals surface area contributed by atoms with Crippen LogP contribution in [0.2, 0.25) is 0 Å². The number of nitriles is 1. The Balaban J connectivity index is 2.79. The van der Waals surface area contributed by atoms with Crippen molar-refractivity contribution in [1.82, 2.24) is 10.2 Å². The minimum absolute atomic E-state index is 0.0865. The van der Waals surface area contributed by atoms with Crippen molar-refractivity contribution < 1.29 is 9.84 Å². The normalized spacial score (nSPS) is 9.42. The number of nitrogens with zero attached hydrogens (tertiary/aromatic N) is 2. The lowest BCUT2D eigenvalue weighted by molar-refractivity contribution is 0.196. The molecule has 0 amide bonds.